The summed E-state index contributed by atoms with van der Waals surface area (Å²) < 4.78 is 70.4. The third-order valence-corrected chi connectivity index (χ3v) is 8.35. The van der Waals surface area contributed by atoms with E-state index in [1.54, 1.807) is 0 Å². The fourth-order valence-corrected chi connectivity index (χ4v) is 6.22. The molecule has 3 aliphatic rings. The van der Waals surface area contributed by atoms with Gasteiger partial charge in [-0.25, -0.2) is 22.0 Å². The summed E-state index contributed by atoms with van der Waals surface area (Å²) in [7, 11) is 2.05. The Kier molecular flexibility index (Phi) is 7.00. The van der Waals surface area contributed by atoms with Crippen molar-refractivity contribution in [3.05, 3.63) is 63.3 Å². The van der Waals surface area contributed by atoms with Gasteiger partial charge < -0.3 is 20.1 Å². The van der Waals surface area contributed by atoms with Gasteiger partial charge in [0.1, 0.15) is 11.9 Å². The molecule has 1 aromatic heterocycles. The normalized spacial score (nSPS) is 27.2. The van der Waals surface area contributed by atoms with Gasteiger partial charge in [-0.05, 0) is 45.1 Å². The fourth-order valence-electron chi connectivity index (χ4n) is 6.22. The summed E-state index contributed by atoms with van der Waals surface area (Å²) in [6, 6.07) is 2.40. The molecule has 1 saturated heterocycles. The number of likely N-dealkylation sites (tertiary alicyclic amines) is 1. The zero-order chi connectivity index (χ0) is 27.4. The number of pyridine rings is 1. The molecule has 1 aromatic carbocycles. The molecule has 2 heterocycles. The van der Waals surface area contributed by atoms with Crippen molar-refractivity contribution in [2.45, 2.75) is 63.1 Å². The molecule has 2 aromatic rings. The van der Waals surface area contributed by atoms with Crippen molar-refractivity contribution in [1.82, 2.24) is 14.8 Å². The van der Waals surface area contributed by atoms with E-state index in [4.69, 9.17) is 0 Å². The molecule has 11 heteroatoms. The first kappa shape index (κ1) is 26.6. The van der Waals surface area contributed by atoms with Crippen molar-refractivity contribution < 1.29 is 26.7 Å². The van der Waals surface area contributed by atoms with Gasteiger partial charge in [-0.3, -0.25) is 9.59 Å². The lowest BCUT2D eigenvalue weighted by atomic mass is 9.87. The van der Waals surface area contributed by atoms with Crippen LogP contribution in [0.15, 0.2) is 35.3 Å². The molecule has 2 aliphatic carbocycles. The second kappa shape index (κ2) is 9.98. The summed E-state index contributed by atoms with van der Waals surface area (Å²) in [5.74, 6) is -4.29. The average molecular weight is 539 g/mol. The van der Waals surface area contributed by atoms with Gasteiger partial charge in [0.15, 0.2) is 0 Å². The van der Waals surface area contributed by atoms with E-state index >= 15 is 0 Å². The first-order valence-corrected chi connectivity index (χ1v) is 12.9. The van der Waals surface area contributed by atoms with Crippen LogP contribution >= 0.6 is 0 Å². The smallest absolute Gasteiger partial charge is 0.268 e. The second-order valence-corrected chi connectivity index (χ2v) is 10.9. The lowest BCUT2D eigenvalue weighted by molar-refractivity contribution is -0.123. The fraction of sp³-hybridized carbons (Fsp3) is 0.556. The first-order chi connectivity index (χ1) is 18.0. The van der Waals surface area contributed by atoms with Crippen LogP contribution in [0.3, 0.4) is 0 Å². The molecule has 38 heavy (non-hydrogen) atoms. The molecule has 5 rings (SSSR count). The molecule has 0 radical (unpaired) electrons. The van der Waals surface area contributed by atoms with Crippen molar-refractivity contribution in [2.24, 2.45) is 11.8 Å². The number of benzene rings is 1. The predicted molar refractivity (Wildman–Crippen MR) is 132 cm³/mol. The van der Waals surface area contributed by atoms with Crippen molar-refractivity contribution >= 4 is 11.6 Å². The number of anilines is 1. The molecular formula is C27H31F5N4O2. The van der Waals surface area contributed by atoms with Crippen LogP contribution in [-0.2, 0) is 0 Å². The van der Waals surface area contributed by atoms with E-state index in [0.29, 0.717) is 11.8 Å². The number of fused-ring (bicyclic) bond motifs is 2. The Labute approximate surface area is 217 Å². The van der Waals surface area contributed by atoms with Gasteiger partial charge in [-0.2, -0.15) is 0 Å². The van der Waals surface area contributed by atoms with Crippen molar-refractivity contribution in [1.29, 1.82) is 0 Å². The molecule has 6 nitrogen and oxygen atoms in total. The zero-order valence-corrected chi connectivity index (χ0v) is 21.2. The summed E-state index contributed by atoms with van der Waals surface area (Å²) in [5.41, 5.74) is -1.34. The summed E-state index contributed by atoms with van der Waals surface area (Å²) in [4.78, 5) is 28.6. The highest BCUT2D eigenvalue weighted by Crippen LogP contribution is 2.46. The van der Waals surface area contributed by atoms with Gasteiger partial charge in [0, 0.05) is 43.4 Å². The standard InChI is InChI=1S/C27H31F5N4O2/c1-14(17-4-3-5-18(23(17)28)25(29)30)33-26(38)19-13-36(21-8-9-27(21,31)32)22(37)10-20(19)34-24-15-6-7-16(24)12-35(2)11-15/h3-5,10,13-16,21,24-25,34H,6-9,11-12H2,1-2H3,(H,33,38)/t14-,15-,16+,21+,24?/m1/s1. The van der Waals surface area contributed by atoms with Crippen LogP contribution in [0.4, 0.5) is 27.6 Å². The summed E-state index contributed by atoms with van der Waals surface area (Å²) in [6.45, 7) is 3.17. The van der Waals surface area contributed by atoms with E-state index in [2.05, 4.69) is 15.5 Å². The highest BCUT2D eigenvalue weighted by Gasteiger charge is 2.50. The SMILES string of the molecule is C[C@@H](NC(=O)c1cn([C@H]2CCC2(F)F)c(=O)cc1NC1[C@@H]2CC[C@H]1CN(C)C2)c1cccc(C(F)F)c1F. The monoisotopic (exact) mass is 538 g/mol. The maximum atomic E-state index is 14.7. The van der Waals surface area contributed by atoms with Crippen molar-refractivity contribution in [3.63, 3.8) is 0 Å². The van der Waals surface area contributed by atoms with Crippen LogP contribution in [0, 0.1) is 17.7 Å². The van der Waals surface area contributed by atoms with Gasteiger partial charge in [0.2, 0.25) is 0 Å². The topological polar surface area (TPSA) is 66.4 Å². The Morgan fingerprint density at radius 3 is 2.34 bits per heavy atom. The number of carbonyl (C=O) groups is 1. The van der Waals surface area contributed by atoms with E-state index in [0.717, 1.165) is 42.8 Å². The summed E-state index contributed by atoms with van der Waals surface area (Å²) in [5, 5.41) is 5.97. The quantitative estimate of drug-likeness (QED) is 0.480. The molecule has 0 spiro atoms. The van der Waals surface area contributed by atoms with E-state index < -0.39 is 47.3 Å². The molecule has 2 bridgehead atoms. The minimum Gasteiger partial charge on any atom is -0.381 e. The zero-order valence-electron chi connectivity index (χ0n) is 21.2. The number of nitrogens with one attached hydrogen (secondary N) is 2. The highest BCUT2D eigenvalue weighted by atomic mass is 19.3. The number of alkyl halides is 4. The number of hydrogen-bond donors (Lipinski definition) is 2. The van der Waals surface area contributed by atoms with Crippen LogP contribution in [0.25, 0.3) is 0 Å². The van der Waals surface area contributed by atoms with Crippen LogP contribution in [0.2, 0.25) is 0 Å². The number of halogens is 5. The maximum absolute atomic E-state index is 14.7. The van der Waals surface area contributed by atoms with Crippen LogP contribution in [0.1, 0.15) is 72.6 Å². The van der Waals surface area contributed by atoms with Gasteiger partial charge >= 0.3 is 0 Å². The molecule has 1 aliphatic heterocycles. The largest absolute Gasteiger partial charge is 0.381 e. The van der Waals surface area contributed by atoms with E-state index in [-0.39, 0.29) is 35.7 Å². The van der Waals surface area contributed by atoms with E-state index in [1.165, 1.54) is 25.1 Å². The molecule has 206 valence electrons. The second-order valence-electron chi connectivity index (χ2n) is 10.9. The predicted octanol–water partition coefficient (Wildman–Crippen LogP) is 5.14. The van der Waals surface area contributed by atoms with Gasteiger partial charge in [-0.15, -0.1) is 0 Å². The van der Waals surface area contributed by atoms with Gasteiger partial charge in [0.25, 0.3) is 23.8 Å². The summed E-state index contributed by atoms with van der Waals surface area (Å²) in [6.07, 6.45) is -0.130. The Hall–Kier alpha value is -2.95. The molecular weight excluding hydrogens is 507 g/mol. The number of piperidine rings is 1. The maximum Gasteiger partial charge on any atom is 0.268 e. The number of amides is 1. The van der Waals surface area contributed by atoms with Crippen molar-refractivity contribution in [3.8, 4) is 0 Å². The number of hydrogen-bond acceptors (Lipinski definition) is 4. The molecule has 1 amide bonds. The Bertz CT molecular complexity index is 1270. The Balaban J connectivity index is 1.47. The summed E-state index contributed by atoms with van der Waals surface area (Å²) >= 11 is 0. The number of nitrogens with zero attached hydrogens (tertiary/aromatic N) is 2. The van der Waals surface area contributed by atoms with Crippen LogP contribution in [-0.4, -0.2) is 47.5 Å². The first-order valence-electron chi connectivity index (χ1n) is 12.9. The Morgan fingerprint density at radius 2 is 1.76 bits per heavy atom. The minimum absolute atomic E-state index is 0.00994. The van der Waals surface area contributed by atoms with Gasteiger partial charge in [0.05, 0.1) is 22.9 Å². The van der Waals surface area contributed by atoms with E-state index in [9.17, 15) is 31.5 Å². The van der Waals surface area contributed by atoms with Crippen LogP contribution in [0.5, 0.6) is 0 Å². The van der Waals surface area contributed by atoms with Crippen LogP contribution < -0.4 is 16.2 Å². The Morgan fingerprint density at radius 1 is 1.11 bits per heavy atom. The van der Waals surface area contributed by atoms with Crippen molar-refractivity contribution in [2.75, 3.05) is 25.5 Å². The third kappa shape index (κ3) is 4.81. The molecule has 2 saturated carbocycles. The third-order valence-electron chi connectivity index (χ3n) is 8.35. The molecule has 5 atom stereocenters. The van der Waals surface area contributed by atoms with E-state index in [1.807, 2.05) is 7.05 Å². The molecule has 1 unspecified atom stereocenters. The number of aromatic nitrogens is 1. The highest BCUT2D eigenvalue weighted by molar-refractivity contribution is 5.99. The molecule has 2 N–H and O–H groups in total. The number of rotatable bonds is 7. The minimum atomic E-state index is -3.06. The lowest BCUT2D eigenvalue weighted by Crippen LogP contribution is -2.47. The lowest BCUT2D eigenvalue weighted by Gasteiger charge is -2.39. The van der Waals surface area contributed by atoms with Gasteiger partial charge in [-0.1, -0.05) is 18.2 Å². The number of carbonyl (C=O) groups excluding carboxylic acids is 1. The molecule has 3 fully saturated rings. The average Bonchev–Trinajstić information content (AvgIpc) is 3.07.